The number of fused-ring (bicyclic) bond motifs is 1. The summed E-state index contributed by atoms with van der Waals surface area (Å²) in [6.07, 6.45) is -3.99. The molecule has 108 valence electrons. The van der Waals surface area contributed by atoms with Gasteiger partial charge in [-0.15, -0.1) is 0 Å². The van der Waals surface area contributed by atoms with E-state index < -0.39 is 11.7 Å². The molecule has 0 fully saturated rings. The van der Waals surface area contributed by atoms with Gasteiger partial charge in [-0.3, -0.25) is 0 Å². The van der Waals surface area contributed by atoms with Crippen LogP contribution in [0.5, 0.6) is 0 Å². The molecule has 0 aliphatic rings. The molecule has 2 aromatic carbocycles. The highest BCUT2D eigenvalue weighted by molar-refractivity contribution is 5.73. The zero-order chi connectivity index (χ0) is 15.0. The molecule has 0 saturated carbocycles. The van der Waals surface area contributed by atoms with Crippen LogP contribution in [0.15, 0.2) is 46.9 Å². The fourth-order valence-electron chi connectivity index (χ4n) is 2.04. The molecule has 0 radical (unpaired) electrons. The molecule has 0 saturated heterocycles. The molecule has 6 heteroatoms. The molecule has 3 aromatic rings. The van der Waals surface area contributed by atoms with Crippen LogP contribution in [0.2, 0.25) is 0 Å². The molecule has 2 N–H and O–H groups in total. The Labute approximate surface area is 118 Å². The number of aromatic nitrogens is 1. The molecule has 1 heterocycles. The van der Waals surface area contributed by atoms with Gasteiger partial charge in [-0.05, 0) is 35.9 Å². The van der Waals surface area contributed by atoms with Gasteiger partial charge >= 0.3 is 6.18 Å². The molecular weight excluding hydrogens is 281 g/mol. The van der Waals surface area contributed by atoms with Gasteiger partial charge < -0.3 is 10.2 Å². The average molecular weight is 292 g/mol. The second-order valence-electron chi connectivity index (χ2n) is 4.71. The Balaban J connectivity index is 1.92. The van der Waals surface area contributed by atoms with Crippen molar-refractivity contribution in [2.24, 2.45) is 0 Å². The van der Waals surface area contributed by atoms with Crippen molar-refractivity contribution in [1.29, 1.82) is 0 Å². The number of nitrogens with zero attached hydrogens (tertiary/aromatic N) is 1. The Morgan fingerprint density at radius 1 is 1.05 bits per heavy atom. The van der Waals surface area contributed by atoms with E-state index in [4.69, 9.17) is 10.2 Å². The Hall–Kier alpha value is -2.50. The quantitative estimate of drug-likeness (QED) is 0.726. The van der Waals surface area contributed by atoms with Crippen LogP contribution in [0.25, 0.3) is 11.1 Å². The van der Waals surface area contributed by atoms with E-state index in [1.807, 2.05) is 12.1 Å². The Kier molecular flexibility index (Phi) is 3.08. The summed E-state index contributed by atoms with van der Waals surface area (Å²) in [5, 5.41) is 0. The number of anilines is 1. The number of hydrogen-bond donors (Lipinski definition) is 1. The van der Waals surface area contributed by atoms with Crippen molar-refractivity contribution in [2.75, 3.05) is 5.73 Å². The lowest BCUT2D eigenvalue weighted by atomic mass is 10.1. The van der Waals surface area contributed by atoms with E-state index in [9.17, 15) is 13.2 Å². The number of oxazole rings is 1. The smallest absolute Gasteiger partial charge is 0.416 e. The molecule has 0 aliphatic carbocycles. The Morgan fingerprint density at radius 3 is 2.43 bits per heavy atom. The maximum absolute atomic E-state index is 12.6. The van der Waals surface area contributed by atoms with Crippen molar-refractivity contribution >= 4 is 16.8 Å². The number of benzene rings is 2. The summed E-state index contributed by atoms with van der Waals surface area (Å²) in [4.78, 5) is 4.11. The summed E-state index contributed by atoms with van der Waals surface area (Å²) < 4.78 is 43.4. The maximum atomic E-state index is 12.6. The van der Waals surface area contributed by atoms with Crippen molar-refractivity contribution in [3.63, 3.8) is 0 Å². The van der Waals surface area contributed by atoms with Gasteiger partial charge in [-0.2, -0.15) is 13.2 Å². The zero-order valence-electron chi connectivity index (χ0n) is 10.8. The van der Waals surface area contributed by atoms with Gasteiger partial charge in [0.25, 0.3) is 0 Å². The average Bonchev–Trinajstić information content (AvgIpc) is 2.81. The number of nitrogen functional groups attached to an aromatic ring is 1. The van der Waals surface area contributed by atoms with Crippen LogP contribution >= 0.6 is 0 Å². The van der Waals surface area contributed by atoms with Crippen molar-refractivity contribution in [2.45, 2.75) is 12.6 Å². The summed E-state index contributed by atoms with van der Waals surface area (Å²) >= 11 is 0. The first-order valence-electron chi connectivity index (χ1n) is 6.23. The minimum absolute atomic E-state index is 0.204. The van der Waals surface area contributed by atoms with Gasteiger partial charge in [0.15, 0.2) is 11.5 Å². The number of rotatable bonds is 2. The van der Waals surface area contributed by atoms with Crippen LogP contribution in [0.4, 0.5) is 18.9 Å². The van der Waals surface area contributed by atoms with E-state index in [0.717, 1.165) is 17.7 Å². The Morgan fingerprint density at radius 2 is 1.76 bits per heavy atom. The molecule has 0 amide bonds. The lowest BCUT2D eigenvalue weighted by molar-refractivity contribution is -0.137. The molecule has 0 unspecified atom stereocenters. The SMILES string of the molecule is Nc1ccc(Cc2nc3cc(C(F)(F)F)ccc3o2)cc1. The van der Waals surface area contributed by atoms with Crippen molar-refractivity contribution in [3.05, 3.63) is 59.5 Å². The van der Waals surface area contributed by atoms with Crippen LogP contribution in [-0.4, -0.2) is 4.98 Å². The number of nitrogens with two attached hydrogens (primary N) is 1. The number of alkyl halides is 3. The lowest BCUT2D eigenvalue weighted by Crippen LogP contribution is -2.03. The first kappa shape index (κ1) is 13.5. The highest BCUT2D eigenvalue weighted by Gasteiger charge is 2.31. The summed E-state index contributed by atoms with van der Waals surface area (Å²) in [5.74, 6) is 0.370. The third-order valence-electron chi connectivity index (χ3n) is 3.09. The highest BCUT2D eigenvalue weighted by atomic mass is 19.4. The third-order valence-corrected chi connectivity index (χ3v) is 3.09. The van der Waals surface area contributed by atoms with Gasteiger partial charge in [-0.1, -0.05) is 12.1 Å². The summed E-state index contributed by atoms with van der Waals surface area (Å²) in [7, 11) is 0. The summed E-state index contributed by atoms with van der Waals surface area (Å²) in [6, 6.07) is 10.4. The van der Waals surface area contributed by atoms with Crippen molar-refractivity contribution in [3.8, 4) is 0 Å². The van der Waals surface area contributed by atoms with E-state index in [1.165, 1.54) is 6.07 Å². The van der Waals surface area contributed by atoms with Crippen LogP contribution in [0.3, 0.4) is 0 Å². The van der Waals surface area contributed by atoms with Gasteiger partial charge in [0.2, 0.25) is 0 Å². The molecule has 0 aliphatic heterocycles. The largest absolute Gasteiger partial charge is 0.440 e. The standard InChI is InChI=1S/C15H11F3N2O/c16-15(17,18)10-3-6-13-12(8-10)20-14(21-13)7-9-1-4-11(19)5-2-9/h1-6,8H,7,19H2. The van der Waals surface area contributed by atoms with Crippen LogP contribution in [0, 0.1) is 0 Å². The van der Waals surface area contributed by atoms with Gasteiger partial charge in [-0.25, -0.2) is 4.98 Å². The van der Waals surface area contributed by atoms with E-state index >= 15 is 0 Å². The zero-order valence-corrected chi connectivity index (χ0v) is 10.8. The van der Waals surface area contributed by atoms with Crippen molar-refractivity contribution in [1.82, 2.24) is 4.98 Å². The van der Waals surface area contributed by atoms with E-state index in [-0.39, 0.29) is 5.52 Å². The van der Waals surface area contributed by atoms with Crippen LogP contribution in [0.1, 0.15) is 17.0 Å². The first-order valence-corrected chi connectivity index (χ1v) is 6.23. The van der Waals surface area contributed by atoms with Crippen molar-refractivity contribution < 1.29 is 17.6 Å². The second kappa shape index (κ2) is 4.80. The predicted molar refractivity (Wildman–Crippen MR) is 72.7 cm³/mol. The van der Waals surface area contributed by atoms with Gasteiger partial charge in [0.05, 0.1) is 5.56 Å². The maximum Gasteiger partial charge on any atom is 0.416 e. The molecule has 3 rings (SSSR count). The number of halogens is 3. The monoisotopic (exact) mass is 292 g/mol. The van der Waals surface area contributed by atoms with E-state index in [2.05, 4.69) is 4.98 Å². The second-order valence-corrected chi connectivity index (χ2v) is 4.71. The van der Waals surface area contributed by atoms with Crippen LogP contribution < -0.4 is 5.73 Å². The fraction of sp³-hybridized carbons (Fsp3) is 0.133. The van der Waals surface area contributed by atoms with Crippen LogP contribution in [-0.2, 0) is 12.6 Å². The summed E-state index contributed by atoms with van der Waals surface area (Å²) in [5.41, 5.74) is 6.97. The van der Waals surface area contributed by atoms with Gasteiger partial charge in [0, 0.05) is 12.1 Å². The molecule has 0 bridgehead atoms. The molecule has 3 nitrogen and oxygen atoms in total. The number of hydrogen-bond acceptors (Lipinski definition) is 3. The minimum atomic E-state index is -4.38. The highest BCUT2D eigenvalue weighted by Crippen LogP contribution is 2.31. The molecular formula is C15H11F3N2O. The van der Waals surface area contributed by atoms with Gasteiger partial charge in [0.1, 0.15) is 5.52 Å². The summed E-state index contributed by atoms with van der Waals surface area (Å²) in [6.45, 7) is 0. The lowest BCUT2D eigenvalue weighted by Gasteiger charge is -2.04. The van der Waals surface area contributed by atoms with E-state index in [0.29, 0.717) is 23.6 Å². The molecule has 0 atom stereocenters. The Bertz CT molecular complexity index is 776. The third kappa shape index (κ3) is 2.84. The normalized spacial score (nSPS) is 12.0. The topological polar surface area (TPSA) is 52.0 Å². The minimum Gasteiger partial charge on any atom is -0.440 e. The van der Waals surface area contributed by atoms with E-state index in [1.54, 1.807) is 12.1 Å². The first-order chi connectivity index (χ1) is 9.91. The predicted octanol–water partition coefficient (Wildman–Crippen LogP) is 4.02. The fourth-order valence-corrected chi connectivity index (χ4v) is 2.04. The molecule has 1 aromatic heterocycles. The molecule has 0 spiro atoms. The molecule has 21 heavy (non-hydrogen) atoms.